The zero-order valence-electron chi connectivity index (χ0n) is 9.98. The van der Waals surface area contributed by atoms with Crippen molar-refractivity contribution in [1.29, 1.82) is 0 Å². The number of carbonyl (C=O) groups excluding carboxylic acids is 1. The highest BCUT2D eigenvalue weighted by atomic mass is 79.9. The van der Waals surface area contributed by atoms with Gasteiger partial charge in [-0.1, -0.05) is 6.07 Å². The maximum atomic E-state index is 13.7. The molecule has 1 heterocycles. The van der Waals surface area contributed by atoms with Gasteiger partial charge in [0.25, 0.3) is 5.91 Å². The SMILES string of the molecule is COc1cccc(F)c1C(=O)Nc1ncccc1Br. The molecule has 0 unspecified atom stereocenters. The van der Waals surface area contributed by atoms with Crippen LogP contribution in [0.4, 0.5) is 10.2 Å². The van der Waals surface area contributed by atoms with E-state index in [-0.39, 0.29) is 11.3 Å². The molecule has 1 aromatic heterocycles. The number of rotatable bonds is 3. The van der Waals surface area contributed by atoms with Crippen LogP contribution in [0.2, 0.25) is 0 Å². The molecule has 2 rings (SSSR count). The summed E-state index contributed by atoms with van der Waals surface area (Å²) in [5.41, 5.74) is -0.150. The summed E-state index contributed by atoms with van der Waals surface area (Å²) in [7, 11) is 1.38. The molecule has 0 saturated carbocycles. The van der Waals surface area contributed by atoms with Gasteiger partial charge in [0.1, 0.15) is 22.9 Å². The summed E-state index contributed by atoms with van der Waals surface area (Å²) in [6.07, 6.45) is 1.53. The number of ether oxygens (including phenoxy) is 1. The Morgan fingerprint density at radius 2 is 2.16 bits per heavy atom. The van der Waals surface area contributed by atoms with Gasteiger partial charge >= 0.3 is 0 Å². The van der Waals surface area contributed by atoms with Gasteiger partial charge in [0, 0.05) is 6.20 Å². The second kappa shape index (κ2) is 5.79. The topological polar surface area (TPSA) is 51.2 Å². The van der Waals surface area contributed by atoms with Crippen LogP contribution in [0.15, 0.2) is 41.0 Å². The molecule has 0 spiro atoms. The molecule has 0 bridgehead atoms. The van der Waals surface area contributed by atoms with E-state index in [2.05, 4.69) is 26.2 Å². The lowest BCUT2D eigenvalue weighted by atomic mass is 10.1. The quantitative estimate of drug-likeness (QED) is 0.942. The molecule has 0 aliphatic heterocycles. The van der Waals surface area contributed by atoms with Crippen LogP contribution in [0.5, 0.6) is 5.75 Å². The average Bonchev–Trinajstić information content (AvgIpc) is 2.40. The molecule has 1 aromatic carbocycles. The van der Waals surface area contributed by atoms with Gasteiger partial charge in [0.05, 0.1) is 11.6 Å². The molecular formula is C13H10BrFN2O2. The van der Waals surface area contributed by atoms with Crippen LogP contribution in [0.3, 0.4) is 0 Å². The fourth-order valence-electron chi connectivity index (χ4n) is 1.54. The number of nitrogens with zero attached hydrogens (tertiary/aromatic N) is 1. The number of benzene rings is 1. The Bertz CT molecular complexity index is 619. The Morgan fingerprint density at radius 1 is 1.37 bits per heavy atom. The first-order chi connectivity index (χ1) is 9.13. The maximum Gasteiger partial charge on any atom is 0.263 e. The van der Waals surface area contributed by atoms with Crippen molar-refractivity contribution >= 4 is 27.7 Å². The van der Waals surface area contributed by atoms with Crippen LogP contribution in [0.1, 0.15) is 10.4 Å². The molecule has 0 aliphatic rings. The fraction of sp³-hybridized carbons (Fsp3) is 0.0769. The predicted molar refractivity (Wildman–Crippen MR) is 72.8 cm³/mol. The minimum atomic E-state index is -0.649. The number of anilines is 1. The van der Waals surface area contributed by atoms with Crippen LogP contribution in [-0.4, -0.2) is 18.0 Å². The molecule has 0 saturated heterocycles. The zero-order chi connectivity index (χ0) is 13.8. The Balaban J connectivity index is 2.33. The molecule has 1 N–H and O–H groups in total. The normalized spacial score (nSPS) is 10.1. The standard InChI is InChI=1S/C13H10BrFN2O2/c1-19-10-6-2-5-9(15)11(10)13(18)17-12-8(14)4-3-7-16-12/h2-7H,1H3,(H,16,17,18). The lowest BCUT2D eigenvalue weighted by Crippen LogP contribution is -2.16. The molecule has 4 nitrogen and oxygen atoms in total. The first-order valence-electron chi connectivity index (χ1n) is 5.38. The van der Waals surface area contributed by atoms with Gasteiger partial charge < -0.3 is 10.1 Å². The summed E-state index contributed by atoms with van der Waals surface area (Å²) in [5, 5.41) is 2.53. The number of amides is 1. The Morgan fingerprint density at radius 3 is 2.84 bits per heavy atom. The highest BCUT2D eigenvalue weighted by Crippen LogP contribution is 2.24. The largest absolute Gasteiger partial charge is 0.496 e. The van der Waals surface area contributed by atoms with Crippen molar-refractivity contribution in [3.63, 3.8) is 0 Å². The van der Waals surface area contributed by atoms with Crippen LogP contribution in [0.25, 0.3) is 0 Å². The number of nitrogens with one attached hydrogen (secondary N) is 1. The number of methoxy groups -OCH3 is 1. The van der Waals surface area contributed by atoms with Crippen molar-refractivity contribution in [3.8, 4) is 5.75 Å². The van der Waals surface area contributed by atoms with Gasteiger partial charge in [-0.05, 0) is 40.2 Å². The van der Waals surface area contributed by atoms with Crippen molar-refractivity contribution in [1.82, 2.24) is 4.98 Å². The monoisotopic (exact) mass is 324 g/mol. The van der Waals surface area contributed by atoms with Crippen LogP contribution in [-0.2, 0) is 0 Å². The average molecular weight is 325 g/mol. The summed E-state index contributed by atoms with van der Waals surface area (Å²) < 4.78 is 19.3. The second-order valence-corrected chi connectivity index (χ2v) is 4.46. The minimum absolute atomic E-state index is 0.150. The van der Waals surface area contributed by atoms with Gasteiger partial charge in [-0.15, -0.1) is 0 Å². The summed E-state index contributed by atoms with van der Waals surface area (Å²) in [6, 6.07) is 7.63. The van der Waals surface area contributed by atoms with E-state index in [9.17, 15) is 9.18 Å². The van der Waals surface area contributed by atoms with Gasteiger partial charge in [0.2, 0.25) is 0 Å². The number of aromatic nitrogens is 1. The molecule has 0 fully saturated rings. The third kappa shape index (κ3) is 2.90. The Hall–Kier alpha value is -1.95. The molecular weight excluding hydrogens is 315 g/mol. The summed E-state index contributed by atoms with van der Waals surface area (Å²) in [5.74, 6) is -0.777. The van der Waals surface area contributed by atoms with Crippen LogP contribution < -0.4 is 10.1 Å². The van der Waals surface area contributed by atoms with Gasteiger partial charge in [-0.3, -0.25) is 4.79 Å². The van der Waals surface area contributed by atoms with E-state index in [1.54, 1.807) is 12.1 Å². The fourth-order valence-corrected chi connectivity index (χ4v) is 1.90. The van der Waals surface area contributed by atoms with E-state index in [0.29, 0.717) is 10.3 Å². The van der Waals surface area contributed by atoms with Gasteiger partial charge in [0.15, 0.2) is 0 Å². The Labute approximate surface area is 117 Å². The summed E-state index contributed by atoms with van der Waals surface area (Å²) >= 11 is 3.25. The number of hydrogen-bond donors (Lipinski definition) is 1. The summed E-state index contributed by atoms with van der Waals surface area (Å²) in [4.78, 5) is 16.1. The zero-order valence-corrected chi connectivity index (χ0v) is 11.6. The number of halogens is 2. The molecule has 0 aliphatic carbocycles. The number of carbonyl (C=O) groups is 1. The van der Waals surface area contributed by atoms with Crippen molar-refractivity contribution in [3.05, 3.63) is 52.4 Å². The first-order valence-corrected chi connectivity index (χ1v) is 6.17. The first kappa shape index (κ1) is 13.5. The second-order valence-electron chi connectivity index (χ2n) is 3.61. The lowest BCUT2D eigenvalue weighted by Gasteiger charge is -2.10. The van der Waals surface area contributed by atoms with E-state index in [1.165, 1.54) is 31.5 Å². The van der Waals surface area contributed by atoms with Crippen LogP contribution >= 0.6 is 15.9 Å². The highest BCUT2D eigenvalue weighted by Gasteiger charge is 2.18. The number of hydrogen-bond acceptors (Lipinski definition) is 3. The smallest absolute Gasteiger partial charge is 0.263 e. The molecule has 2 aromatic rings. The number of pyridine rings is 1. The van der Waals surface area contributed by atoms with E-state index in [1.807, 2.05) is 0 Å². The van der Waals surface area contributed by atoms with Crippen LogP contribution in [0, 0.1) is 5.82 Å². The molecule has 0 radical (unpaired) electrons. The van der Waals surface area contributed by atoms with Crippen molar-refractivity contribution in [2.45, 2.75) is 0 Å². The molecule has 19 heavy (non-hydrogen) atoms. The van der Waals surface area contributed by atoms with E-state index in [4.69, 9.17) is 4.74 Å². The van der Waals surface area contributed by atoms with Gasteiger partial charge in [-0.2, -0.15) is 0 Å². The summed E-state index contributed by atoms with van der Waals surface area (Å²) in [6.45, 7) is 0. The maximum absolute atomic E-state index is 13.7. The van der Waals surface area contributed by atoms with E-state index in [0.717, 1.165) is 0 Å². The molecule has 0 atom stereocenters. The molecule has 98 valence electrons. The van der Waals surface area contributed by atoms with Crippen molar-refractivity contribution in [2.24, 2.45) is 0 Å². The predicted octanol–water partition coefficient (Wildman–Crippen LogP) is 3.24. The third-order valence-electron chi connectivity index (χ3n) is 2.41. The molecule has 1 amide bonds. The lowest BCUT2D eigenvalue weighted by molar-refractivity contribution is 0.101. The molecule has 6 heteroatoms. The van der Waals surface area contributed by atoms with Crippen molar-refractivity contribution < 1.29 is 13.9 Å². The van der Waals surface area contributed by atoms with Gasteiger partial charge in [-0.25, -0.2) is 9.37 Å². The Kier molecular flexibility index (Phi) is 4.11. The minimum Gasteiger partial charge on any atom is -0.496 e. The van der Waals surface area contributed by atoms with E-state index < -0.39 is 11.7 Å². The van der Waals surface area contributed by atoms with E-state index >= 15 is 0 Å². The van der Waals surface area contributed by atoms with Crippen molar-refractivity contribution in [2.75, 3.05) is 12.4 Å². The third-order valence-corrected chi connectivity index (χ3v) is 3.05. The highest BCUT2D eigenvalue weighted by molar-refractivity contribution is 9.10.